The number of aromatic nitrogens is 3. The lowest BCUT2D eigenvalue weighted by atomic mass is 10.1. The van der Waals surface area contributed by atoms with Crippen molar-refractivity contribution in [1.82, 2.24) is 30.9 Å². The molecule has 26 heavy (non-hydrogen) atoms. The molecule has 1 saturated heterocycles. The highest BCUT2D eigenvalue weighted by Crippen LogP contribution is 2.20. The van der Waals surface area contributed by atoms with E-state index in [0.29, 0.717) is 12.1 Å². The number of nitrogens with one attached hydrogen (secondary N) is 3. The Morgan fingerprint density at radius 2 is 1.92 bits per heavy atom. The van der Waals surface area contributed by atoms with Gasteiger partial charge < -0.3 is 5.32 Å². The Morgan fingerprint density at radius 3 is 2.65 bits per heavy atom. The fourth-order valence-corrected chi connectivity index (χ4v) is 3.05. The topological polar surface area (TPSA) is 83.9 Å². The summed E-state index contributed by atoms with van der Waals surface area (Å²) in [7, 11) is 0. The maximum absolute atomic E-state index is 12.5. The van der Waals surface area contributed by atoms with Crippen molar-refractivity contribution in [3.8, 4) is 0 Å². The normalized spacial score (nSPS) is 19.4. The van der Waals surface area contributed by atoms with Crippen LogP contribution in [0.3, 0.4) is 0 Å². The first-order chi connectivity index (χ1) is 12.8. The zero-order chi connectivity index (χ0) is 17.8. The number of rotatable bonds is 5. The average Bonchev–Trinajstić information content (AvgIpc) is 3.35. The maximum Gasteiger partial charge on any atom is 0.252 e. The molecule has 2 aromatic heterocycles. The van der Waals surface area contributed by atoms with Gasteiger partial charge in [-0.1, -0.05) is 12.1 Å². The van der Waals surface area contributed by atoms with Crippen molar-refractivity contribution in [3.63, 3.8) is 0 Å². The second kappa shape index (κ2) is 7.47. The number of carbonyl (C=O) groups excluding carboxylic acids is 1. The molecule has 3 aromatic rings. The van der Waals surface area contributed by atoms with Crippen molar-refractivity contribution in [3.05, 3.63) is 83.9 Å². The number of carbonyl (C=O) groups is 1. The quantitative estimate of drug-likeness (QED) is 0.653. The van der Waals surface area contributed by atoms with Crippen LogP contribution in [0, 0.1) is 0 Å². The summed E-state index contributed by atoms with van der Waals surface area (Å²) < 4.78 is 1.85. The van der Waals surface area contributed by atoms with E-state index in [9.17, 15) is 4.79 Å². The van der Waals surface area contributed by atoms with Crippen molar-refractivity contribution in [2.45, 2.75) is 25.2 Å². The Hall–Kier alpha value is -3.03. The lowest BCUT2D eigenvalue weighted by Gasteiger charge is -2.12. The molecule has 1 aliphatic heterocycles. The Morgan fingerprint density at radius 1 is 1.12 bits per heavy atom. The summed E-state index contributed by atoms with van der Waals surface area (Å²) in [5.74, 6) is -0.0923. The van der Waals surface area contributed by atoms with E-state index < -0.39 is 0 Å². The highest BCUT2D eigenvalue weighted by Gasteiger charge is 2.26. The van der Waals surface area contributed by atoms with Gasteiger partial charge >= 0.3 is 0 Å². The second-order valence-electron chi connectivity index (χ2n) is 6.28. The van der Waals surface area contributed by atoms with Crippen LogP contribution < -0.4 is 16.2 Å². The molecule has 0 radical (unpaired) electrons. The standard InChI is InChI=1S/C19H20N6O/c26-19(16-4-2-14(3-5-16)13-25-11-1-8-21-25)22-18-12-17(23-24-18)15-6-9-20-10-7-15/h1-11,17-18,23-24H,12-13H2,(H,22,26). The third-order valence-electron chi connectivity index (χ3n) is 4.44. The molecule has 1 aliphatic rings. The van der Waals surface area contributed by atoms with Crippen LogP contribution in [0.5, 0.6) is 0 Å². The molecule has 7 nitrogen and oxygen atoms in total. The number of amides is 1. The van der Waals surface area contributed by atoms with Gasteiger partial charge in [-0.25, -0.2) is 10.9 Å². The van der Waals surface area contributed by atoms with Crippen LogP contribution in [-0.2, 0) is 6.54 Å². The predicted octanol–water partition coefficient (Wildman–Crippen LogP) is 1.62. The Bertz CT molecular complexity index is 848. The molecule has 7 heteroatoms. The molecular formula is C19H20N6O. The predicted molar refractivity (Wildman–Crippen MR) is 96.9 cm³/mol. The van der Waals surface area contributed by atoms with Gasteiger partial charge in [0, 0.05) is 42.8 Å². The van der Waals surface area contributed by atoms with Gasteiger partial charge in [0.15, 0.2) is 0 Å². The lowest BCUT2D eigenvalue weighted by molar-refractivity contribution is 0.0932. The van der Waals surface area contributed by atoms with Crippen molar-refractivity contribution in [2.24, 2.45) is 0 Å². The largest absolute Gasteiger partial charge is 0.335 e. The van der Waals surface area contributed by atoms with Crippen LogP contribution in [0.1, 0.15) is 33.9 Å². The number of hydrogen-bond acceptors (Lipinski definition) is 5. The molecule has 1 fully saturated rings. The minimum atomic E-state index is -0.121. The minimum Gasteiger partial charge on any atom is -0.335 e. The van der Waals surface area contributed by atoms with Gasteiger partial charge in [-0.05, 0) is 41.5 Å². The highest BCUT2D eigenvalue weighted by atomic mass is 16.1. The van der Waals surface area contributed by atoms with E-state index in [1.54, 1.807) is 18.6 Å². The first kappa shape index (κ1) is 16.4. The van der Waals surface area contributed by atoms with E-state index in [1.165, 1.54) is 0 Å². The van der Waals surface area contributed by atoms with E-state index >= 15 is 0 Å². The Labute approximate surface area is 151 Å². The molecule has 0 saturated carbocycles. The summed E-state index contributed by atoms with van der Waals surface area (Å²) in [5.41, 5.74) is 9.23. The molecule has 132 valence electrons. The van der Waals surface area contributed by atoms with E-state index in [1.807, 2.05) is 53.3 Å². The lowest BCUT2D eigenvalue weighted by Crippen LogP contribution is -2.44. The zero-order valence-electron chi connectivity index (χ0n) is 14.2. The first-order valence-corrected chi connectivity index (χ1v) is 8.56. The Kier molecular flexibility index (Phi) is 4.72. The van der Waals surface area contributed by atoms with Gasteiger partial charge in [-0.2, -0.15) is 5.10 Å². The summed E-state index contributed by atoms with van der Waals surface area (Å²) in [5, 5.41) is 7.20. The molecule has 1 amide bonds. The molecule has 0 aliphatic carbocycles. The van der Waals surface area contributed by atoms with Crippen LogP contribution in [0.2, 0.25) is 0 Å². The van der Waals surface area contributed by atoms with Crippen LogP contribution in [0.25, 0.3) is 0 Å². The molecule has 2 unspecified atom stereocenters. The van der Waals surface area contributed by atoms with Gasteiger partial charge in [0.2, 0.25) is 0 Å². The van der Waals surface area contributed by atoms with E-state index in [-0.39, 0.29) is 18.1 Å². The third kappa shape index (κ3) is 3.79. The van der Waals surface area contributed by atoms with Crippen molar-refractivity contribution in [1.29, 1.82) is 0 Å². The van der Waals surface area contributed by atoms with Gasteiger partial charge in [0.05, 0.1) is 12.7 Å². The molecule has 0 bridgehead atoms. The fourth-order valence-electron chi connectivity index (χ4n) is 3.05. The van der Waals surface area contributed by atoms with Crippen LogP contribution in [0.15, 0.2) is 67.3 Å². The summed E-state index contributed by atoms with van der Waals surface area (Å²) in [6.07, 6.45) is 7.86. The zero-order valence-corrected chi connectivity index (χ0v) is 14.2. The molecule has 3 N–H and O–H groups in total. The molecule has 1 aromatic carbocycles. The summed E-state index contributed by atoms with van der Waals surface area (Å²) in [6.45, 7) is 0.691. The highest BCUT2D eigenvalue weighted by molar-refractivity contribution is 5.94. The summed E-state index contributed by atoms with van der Waals surface area (Å²) in [6, 6.07) is 13.6. The van der Waals surface area contributed by atoms with Crippen LogP contribution >= 0.6 is 0 Å². The second-order valence-corrected chi connectivity index (χ2v) is 6.28. The average molecular weight is 348 g/mol. The molecule has 0 spiro atoms. The minimum absolute atomic E-state index is 0.0923. The molecule has 4 rings (SSSR count). The van der Waals surface area contributed by atoms with Crippen molar-refractivity contribution >= 4 is 5.91 Å². The number of hydrazine groups is 1. The van der Waals surface area contributed by atoms with Crippen LogP contribution in [0.4, 0.5) is 0 Å². The van der Waals surface area contributed by atoms with E-state index in [4.69, 9.17) is 0 Å². The SMILES string of the molecule is O=C(NC1CC(c2ccncc2)NN1)c1ccc(Cn2cccn2)cc1. The summed E-state index contributed by atoms with van der Waals surface area (Å²) >= 11 is 0. The molecule has 3 heterocycles. The number of nitrogens with zero attached hydrogens (tertiary/aromatic N) is 3. The first-order valence-electron chi connectivity index (χ1n) is 8.56. The Balaban J connectivity index is 1.33. The maximum atomic E-state index is 12.5. The number of benzene rings is 1. The fraction of sp³-hybridized carbons (Fsp3) is 0.211. The smallest absolute Gasteiger partial charge is 0.252 e. The van der Waals surface area contributed by atoms with Crippen LogP contribution in [-0.4, -0.2) is 26.8 Å². The third-order valence-corrected chi connectivity index (χ3v) is 4.44. The van der Waals surface area contributed by atoms with Crippen molar-refractivity contribution < 1.29 is 4.79 Å². The van der Waals surface area contributed by atoms with E-state index in [0.717, 1.165) is 17.5 Å². The number of hydrogen-bond donors (Lipinski definition) is 3. The van der Waals surface area contributed by atoms with Gasteiger partial charge in [-0.3, -0.25) is 14.5 Å². The molecule has 2 atom stereocenters. The van der Waals surface area contributed by atoms with Gasteiger partial charge in [0.25, 0.3) is 5.91 Å². The van der Waals surface area contributed by atoms with E-state index in [2.05, 4.69) is 26.3 Å². The monoisotopic (exact) mass is 348 g/mol. The number of pyridine rings is 1. The summed E-state index contributed by atoms with van der Waals surface area (Å²) in [4.78, 5) is 16.5. The van der Waals surface area contributed by atoms with Crippen molar-refractivity contribution in [2.75, 3.05) is 0 Å². The molecular weight excluding hydrogens is 328 g/mol. The van der Waals surface area contributed by atoms with Gasteiger partial charge in [-0.15, -0.1) is 0 Å². The van der Waals surface area contributed by atoms with Gasteiger partial charge in [0.1, 0.15) is 0 Å².